The van der Waals surface area contributed by atoms with Gasteiger partial charge in [0, 0.05) is 43.4 Å². The fraction of sp³-hybridized carbons (Fsp3) is 0.375. The molecule has 0 amide bonds. The number of nitrogens with zero attached hydrogens (tertiary/aromatic N) is 5. The summed E-state index contributed by atoms with van der Waals surface area (Å²) in [6.07, 6.45) is 1.00. The van der Waals surface area contributed by atoms with Crippen molar-refractivity contribution in [2.24, 2.45) is 7.05 Å². The first-order valence-electron chi connectivity index (χ1n) is 14.5. The molecule has 43 heavy (non-hydrogen) atoms. The van der Waals surface area contributed by atoms with Crippen LogP contribution in [-0.2, 0) is 29.7 Å². The predicted molar refractivity (Wildman–Crippen MR) is 168 cm³/mol. The molecule has 6 rings (SSSR count). The zero-order chi connectivity index (χ0) is 30.2. The van der Waals surface area contributed by atoms with Gasteiger partial charge in [0.2, 0.25) is 5.88 Å². The Hall–Kier alpha value is -3.73. The van der Waals surface area contributed by atoms with Crippen LogP contribution in [-0.4, -0.2) is 55.2 Å². The number of aryl methyl sites for hydroxylation is 2. The van der Waals surface area contributed by atoms with E-state index in [1.54, 1.807) is 28.2 Å². The summed E-state index contributed by atoms with van der Waals surface area (Å²) in [7, 11) is 1.82. The van der Waals surface area contributed by atoms with Gasteiger partial charge in [0.05, 0.1) is 18.1 Å². The molecular formula is C32H34ClN5O4S. The highest BCUT2D eigenvalue weighted by Gasteiger charge is 2.28. The minimum Gasteiger partial charge on any atom is -0.493 e. The van der Waals surface area contributed by atoms with E-state index in [9.17, 15) is 9.90 Å². The number of halogens is 1. The number of carbonyl (C=O) groups excluding carboxylic acids is 1. The molecule has 9 nitrogen and oxygen atoms in total. The van der Waals surface area contributed by atoms with Crippen molar-refractivity contribution in [1.82, 2.24) is 24.9 Å². The smallest absolute Gasteiger partial charge is 0.306 e. The maximum absolute atomic E-state index is 13.0. The van der Waals surface area contributed by atoms with Crippen molar-refractivity contribution in [3.63, 3.8) is 0 Å². The van der Waals surface area contributed by atoms with Gasteiger partial charge in [-0.25, -0.2) is 9.67 Å². The number of thiophene rings is 1. The van der Waals surface area contributed by atoms with Gasteiger partial charge in [0.1, 0.15) is 28.6 Å². The van der Waals surface area contributed by atoms with Crippen LogP contribution in [0.15, 0.2) is 41.8 Å². The minimum atomic E-state index is -0.304. The van der Waals surface area contributed by atoms with E-state index in [0.717, 1.165) is 57.3 Å². The number of ether oxygens (including phenoxy) is 2. The van der Waals surface area contributed by atoms with Crippen LogP contribution in [0.4, 0.5) is 0 Å². The number of carbonyl (C=O) groups is 1. The standard InChI is InChI=1S/C32H34ClN5O4S/c1-5-22-16-38(17-26-27(42-22)7-8-28(39)34-26)15-21-12-20(11-19-9-10-43-32(19)21)24(14-29(40)41-6-2)23-13-25(33)31-30(18(23)3)35-36-37(31)4/h7-13,22,24H,5-6,14-17H2,1-4H3,(H,34,39)/t22-,24?/m1/s1. The summed E-state index contributed by atoms with van der Waals surface area (Å²) in [5, 5.41) is 22.4. The largest absolute Gasteiger partial charge is 0.493 e. The summed E-state index contributed by atoms with van der Waals surface area (Å²) in [4.78, 5) is 19.7. The second-order valence-corrected chi connectivity index (χ2v) is 12.3. The highest BCUT2D eigenvalue weighted by molar-refractivity contribution is 7.17. The molecule has 11 heteroatoms. The van der Waals surface area contributed by atoms with E-state index < -0.39 is 0 Å². The van der Waals surface area contributed by atoms with E-state index in [4.69, 9.17) is 21.1 Å². The maximum Gasteiger partial charge on any atom is 0.306 e. The molecule has 1 aliphatic heterocycles. The SMILES string of the molecule is CCOC(=O)CC(c1cc(CN2Cc3nc(O)ccc3O[C@H](CC)C2)c2sccc2c1)c1cc(Cl)c2c(nnn2C)c1C. The zero-order valence-electron chi connectivity index (χ0n) is 24.6. The highest BCUT2D eigenvalue weighted by Crippen LogP contribution is 2.40. The van der Waals surface area contributed by atoms with E-state index in [0.29, 0.717) is 30.5 Å². The number of esters is 1. The fourth-order valence-corrected chi connectivity index (χ4v) is 7.25. The first kappa shape index (κ1) is 29.3. The molecule has 1 N–H and O–H groups in total. The lowest BCUT2D eigenvalue weighted by atomic mass is 9.84. The van der Waals surface area contributed by atoms with Gasteiger partial charge in [0.25, 0.3) is 0 Å². The lowest BCUT2D eigenvalue weighted by molar-refractivity contribution is -0.143. The minimum absolute atomic E-state index is 0.00494. The quantitative estimate of drug-likeness (QED) is 0.196. The Labute approximate surface area is 259 Å². The van der Waals surface area contributed by atoms with E-state index in [1.807, 2.05) is 27.0 Å². The van der Waals surface area contributed by atoms with Gasteiger partial charge in [0.15, 0.2) is 0 Å². The van der Waals surface area contributed by atoms with Crippen LogP contribution in [0.1, 0.15) is 60.6 Å². The molecule has 1 aliphatic rings. The third kappa shape index (κ3) is 5.79. The monoisotopic (exact) mass is 619 g/mol. The summed E-state index contributed by atoms with van der Waals surface area (Å²) in [5.74, 6) is 0.118. The molecule has 0 aliphatic carbocycles. The Kier molecular flexibility index (Phi) is 8.26. The van der Waals surface area contributed by atoms with Gasteiger partial charge in [-0.1, -0.05) is 29.8 Å². The van der Waals surface area contributed by atoms with Crippen molar-refractivity contribution >= 4 is 50.0 Å². The van der Waals surface area contributed by atoms with Crippen LogP contribution in [0, 0.1) is 6.92 Å². The van der Waals surface area contributed by atoms with Crippen LogP contribution in [0.3, 0.4) is 0 Å². The maximum atomic E-state index is 13.0. The van der Waals surface area contributed by atoms with Crippen LogP contribution >= 0.6 is 22.9 Å². The molecule has 3 aromatic heterocycles. The summed E-state index contributed by atoms with van der Waals surface area (Å²) in [5.41, 5.74) is 6.23. The lowest BCUT2D eigenvalue weighted by Gasteiger charge is -2.25. The van der Waals surface area contributed by atoms with Crippen LogP contribution in [0.2, 0.25) is 5.02 Å². The van der Waals surface area contributed by atoms with E-state index in [1.165, 1.54) is 4.70 Å². The number of pyridine rings is 1. The third-order valence-electron chi connectivity index (χ3n) is 8.12. The predicted octanol–water partition coefficient (Wildman–Crippen LogP) is 6.50. The van der Waals surface area contributed by atoms with Gasteiger partial charge in [-0.3, -0.25) is 9.69 Å². The second-order valence-electron chi connectivity index (χ2n) is 11.0. The Morgan fingerprint density at radius 2 is 2.09 bits per heavy atom. The molecule has 4 heterocycles. The molecule has 5 aromatic rings. The first-order valence-corrected chi connectivity index (χ1v) is 15.7. The van der Waals surface area contributed by atoms with Gasteiger partial charge < -0.3 is 14.6 Å². The van der Waals surface area contributed by atoms with E-state index >= 15 is 0 Å². The summed E-state index contributed by atoms with van der Waals surface area (Å²) < 4.78 is 14.6. The number of hydrogen-bond donors (Lipinski definition) is 1. The van der Waals surface area contributed by atoms with Crippen LogP contribution in [0.25, 0.3) is 21.1 Å². The Morgan fingerprint density at radius 3 is 2.88 bits per heavy atom. The average molecular weight is 620 g/mol. The number of fused-ring (bicyclic) bond motifs is 3. The van der Waals surface area contributed by atoms with Crippen molar-refractivity contribution in [3.8, 4) is 11.6 Å². The molecule has 0 fully saturated rings. The number of rotatable bonds is 8. The Morgan fingerprint density at radius 1 is 1.26 bits per heavy atom. The van der Waals surface area contributed by atoms with Gasteiger partial charge in [-0.15, -0.1) is 16.4 Å². The molecule has 2 atom stereocenters. The summed E-state index contributed by atoms with van der Waals surface area (Å²) in [6.45, 7) is 8.16. The summed E-state index contributed by atoms with van der Waals surface area (Å²) in [6, 6.07) is 11.8. The van der Waals surface area contributed by atoms with Gasteiger partial charge in [-0.05, 0) is 77.6 Å². The molecule has 0 radical (unpaired) electrons. The van der Waals surface area contributed by atoms with Crippen molar-refractivity contribution in [1.29, 1.82) is 0 Å². The normalized spacial score (nSPS) is 16.2. The van der Waals surface area contributed by atoms with Crippen molar-refractivity contribution in [2.75, 3.05) is 13.2 Å². The van der Waals surface area contributed by atoms with Crippen LogP contribution in [0.5, 0.6) is 11.6 Å². The van der Waals surface area contributed by atoms with Crippen molar-refractivity contribution in [3.05, 3.63) is 74.7 Å². The molecule has 2 aromatic carbocycles. The Bertz CT molecular complexity index is 1820. The number of hydrogen-bond acceptors (Lipinski definition) is 9. The van der Waals surface area contributed by atoms with Crippen LogP contribution < -0.4 is 4.74 Å². The second kappa shape index (κ2) is 12.1. The zero-order valence-corrected chi connectivity index (χ0v) is 26.2. The highest BCUT2D eigenvalue weighted by atomic mass is 35.5. The fourth-order valence-electron chi connectivity index (χ4n) is 6.04. The van der Waals surface area contributed by atoms with Gasteiger partial charge in [-0.2, -0.15) is 0 Å². The van der Waals surface area contributed by atoms with Crippen molar-refractivity contribution in [2.45, 2.75) is 58.7 Å². The third-order valence-corrected chi connectivity index (χ3v) is 9.42. The average Bonchev–Trinajstić information content (AvgIpc) is 3.57. The molecular weight excluding hydrogens is 586 g/mol. The molecule has 224 valence electrons. The van der Waals surface area contributed by atoms with Crippen molar-refractivity contribution < 1.29 is 19.4 Å². The molecule has 0 saturated heterocycles. The molecule has 0 saturated carbocycles. The molecule has 0 bridgehead atoms. The lowest BCUT2D eigenvalue weighted by Crippen LogP contribution is -2.32. The van der Waals surface area contributed by atoms with E-state index in [-0.39, 0.29) is 30.3 Å². The number of benzene rings is 2. The molecule has 0 spiro atoms. The number of aromatic nitrogens is 4. The number of aromatic hydroxyl groups is 1. The van der Waals surface area contributed by atoms with Gasteiger partial charge >= 0.3 is 5.97 Å². The van der Waals surface area contributed by atoms with E-state index in [2.05, 4.69) is 50.7 Å². The molecule has 1 unspecified atom stereocenters. The topological polar surface area (TPSA) is 103 Å². The first-order chi connectivity index (χ1) is 20.7. The Balaban J connectivity index is 1.44. The summed E-state index contributed by atoms with van der Waals surface area (Å²) >= 11 is 8.49.